The monoisotopic (exact) mass is 221 g/mol. The summed E-state index contributed by atoms with van der Waals surface area (Å²) in [5, 5.41) is 1.73. The minimum Gasteiger partial charge on any atom is -0.496 e. The molecule has 2 aromatic rings. The molecule has 1 aromatic heterocycles. The van der Waals surface area contributed by atoms with Crippen LogP contribution < -0.4 is 4.74 Å². The van der Waals surface area contributed by atoms with Gasteiger partial charge in [-0.15, -0.1) is 0 Å². The van der Waals surface area contributed by atoms with Crippen molar-refractivity contribution in [2.45, 2.75) is 0 Å². The molecule has 76 valence electrons. The summed E-state index contributed by atoms with van der Waals surface area (Å²) < 4.78 is 5.18. The van der Waals surface area contributed by atoms with E-state index in [0.29, 0.717) is 23.0 Å². The molecule has 0 radical (unpaired) electrons. The third-order valence-corrected chi connectivity index (χ3v) is 2.51. The van der Waals surface area contributed by atoms with E-state index < -0.39 is 0 Å². The lowest BCUT2D eigenvalue weighted by molar-refractivity contribution is 0.112. The summed E-state index contributed by atoms with van der Waals surface area (Å²) in [6, 6.07) is 5.48. The Hall–Kier alpha value is -1.61. The Morgan fingerprint density at radius 2 is 2.27 bits per heavy atom. The highest BCUT2D eigenvalue weighted by Gasteiger charge is 2.10. The van der Waals surface area contributed by atoms with Crippen LogP contribution in [0.4, 0.5) is 0 Å². The number of carbonyl (C=O) groups excluding carboxylic acids is 1. The first-order chi connectivity index (χ1) is 7.27. The number of hydrogen-bond donors (Lipinski definition) is 0. The van der Waals surface area contributed by atoms with Crippen molar-refractivity contribution in [3.8, 4) is 5.75 Å². The zero-order valence-electron chi connectivity index (χ0n) is 8.03. The van der Waals surface area contributed by atoms with E-state index in [1.54, 1.807) is 19.4 Å². The highest BCUT2D eigenvalue weighted by molar-refractivity contribution is 6.33. The quantitative estimate of drug-likeness (QED) is 0.578. The fourth-order valence-electron chi connectivity index (χ4n) is 1.52. The molecule has 0 N–H and O–H groups in total. The first kappa shape index (κ1) is 9.93. The summed E-state index contributed by atoms with van der Waals surface area (Å²) in [5.74, 6) is 0.624. The summed E-state index contributed by atoms with van der Waals surface area (Å²) in [5.41, 5.74) is 0.367. The molecule has 0 fully saturated rings. The number of benzene rings is 1. The number of rotatable bonds is 2. The van der Waals surface area contributed by atoms with Crippen molar-refractivity contribution in [3.05, 3.63) is 35.1 Å². The highest BCUT2D eigenvalue weighted by Crippen LogP contribution is 2.30. The van der Waals surface area contributed by atoms with Gasteiger partial charge in [0.1, 0.15) is 10.9 Å². The van der Waals surface area contributed by atoms with Crippen LogP contribution in [-0.2, 0) is 0 Å². The molecule has 15 heavy (non-hydrogen) atoms. The first-order valence-electron chi connectivity index (χ1n) is 4.34. The molecule has 0 bridgehead atoms. The molecule has 0 aliphatic carbocycles. The normalized spacial score (nSPS) is 10.3. The van der Waals surface area contributed by atoms with Crippen LogP contribution in [0.25, 0.3) is 10.8 Å². The van der Waals surface area contributed by atoms with Crippen LogP contribution >= 0.6 is 11.6 Å². The lowest BCUT2D eigenvalue weighted by Crippen LogP contribution is -1.92. The second kappa shape index (κ2) is 3.87. The van der Waals surface area contributed by atoms with Crippen molar-refractivity contribution < 1.29 is 9.53 Å². The fourth-order valence-corrected chi connectivity index (χ4v) is 1.71. The SMILES string of the molecule is COc1cccc2cnc(Cl)c(C=O)c12. The van der Waals surface area contributed by atoms with Crippen LogP contribution in [0.15, 0.2) is 24.4 Å². The van der Waals surface area contributed by atoms with E-state index in [2.05, 4.69) is 4.98 Å². The van der Waals surface area contributed by atoms with Gasteiger partial charge in [0.15, 0.2) is 6.29 Å². The smallest absolute Gasteiger partial charge is 0.153 e. The number of aromatic nitrogens is 1. The van der Waals surface area contributed by atoms with Gasteiger partial charge in [-0.25, -0.2) is 4.98 Å². The van der Waals surface area contributed by atoms with Crippen LogP contribution in [0.1, 0.15) is 10.4 Å². The number of carbonyl (C=O) groups is 1. The van der Waals surface area contributed by atoms with Crippen LogP contribution in [-0.4, -0.2) is 18.4 Å². The minimum absolute atomic E-state index is 0.196. The summed E-state index contributed by atoms with van der Waals surface area (Å²) >= 11 is 5.83. The van der Waals surface area contributed by atoms with E-state index in [-0.39, 0.29) is 5.15 Å². The molecule has 4 heteroatoms. The van der Waals surface area contributed by atoms with Crippen LogP contribution in [0.5, 0.6) is 5.75 Å². The molecule has 0 aliphatic rings. The topological polar surface area (TPSA) is 39.2 Å². The molecule has 0 saturated carbocycles. The molecule has 0 saturated heterocycles. The largest absolute Gasteiger partial charge is 0.496 e. The van der Waals surface area contributed by atoms with Crippen molar-refractivity contribution in [1.29, 1.82) is 0 Å². The van der Waals surface area contributed by atoms with E-state index in [1.807, 2.05) is 12.1 Å². The van der Waals surface area contributed by atoms with Crippen molar-refractivity contribution in [1.82, 2.24) is 4.98 Å². The Morgan fingerprint density at radius 3 is 2.93 bits per heavy atom. The molecule has 0 unspecified atom stereocenters. The number of halogens is 1. The lowest BCUT2D eigenvalue weighted by Gasteiger charge is -2.07. The van der Waals surface area contributed by atoms with Crippen molar-refractivity contribution in [2.24, 2.45) is 0 Å². The Kier molecular flexibility index (Phi) is 2.56. The predicted molar refractivity (Wildman–Crippen MR) is 58.7 cm³/mol. The maximum absolute atomic E-state index is 10.9. The van der Waals surface area contributed by atoms with Gasteiger partial charge in [0.05, 0.1) is 12.7 Å². The Bertz CT molecular complexity index is 525. The van der Waals surface area contributed by atoms with E-state index >= 15 is 0 Å². The summed E-state index contributed by atoms with van der Waals surface area (Å²) in [6.07, 6.45) is 2.31. The van der Waals surface area contributed by atoms with Crippen molar-refractivity contribution in [2.75, 3.05) is 7.11 Å². The maximum Gasteiger partial charge on any atom is 0.153 e. The lowest BCUT2D eigenvalue weighted by atomic mass is 10.1. The van der Waals surface area contributed by atoms with Crippen molar-refractivity contribution in [3.63, 3.8) is 0 Å². The van der Waals surface area contributed by atoms with Gasteiger partial charge in [0.2, 0.25) is 0 Å². The average Bonchev–Trinajstić information content (AvgIpc) is 2.28. The summed E-state index contributed by atoms with van der Waals surface area (Å²) in [6.45, 7) is 0. The predicted octanol–water partition coefficient (Wildman–Crippen LogP) is 2.71. The minimum atomic E-state index is 0.196. The second-order valence-corrected chi connectivity index (χ2v) is 3.36. The summed E-state index contributed by atoms with van der Waals surface area (Å²) in [7, 11) is 1.55. The van der Waals surface area contributed by atoms with E-state index in [1.165, 1.54) is 0 Å². The highest BCUT2D eigenvalue weighted by atomic mass is 35.5. The number of pyridine rings is 1. The standard InChI is InChI=1S/C11H8ClNO2/c1-15-9-4-2-3-7-5-13-11(12)8(6-14)10(7)9/h2-6H,1H3. The molecule has 1 aromatic carbocycles. The number of hydrogen-bond acceptors (Lipinski definition) is 3. The van der Waals surface area contributed by atoms with Gasteiger partial charge >= 0.3 is 0 Å². The average molecular weight is 222 g/mol. The van der Waals surface area contributed by atoms with Gasteiger partial charge in [-0.2, -0.15) is 0 Å². The first-order valence-corrected chi connectivity index (χ1v) is 4.72. The molecule has 3 nitrogen and oxygen atoms in total. The molecule has 0 aliphatic heterocycles. The number of aldehydes is 1. The molecule has 0 atom stereocenters. The zero-order valence-corrected chi connectivity index (χ0v) is 8.78. The fraction of sp³-hybridized carbons (Fsp3) is 0.0909. The van der Waals surface area contributed by atoms with Gasteiger partial charge < -0.3 is 4.74 Å². The molecular weight excluding hydrogens is 214 g/mol. The van der Waals surface area contributed by atoms with Gasteiger partial charge in [-0.1, -0.05) is 23.7 Å². The maximum atomic E-state index is 10.9. The number of nitrogens with zero attached hydrogens (tertiary/aromatic N) is 1. The van der Waals surface area contributed by atoms with E-state index in [0.717, 1.165) is 5.39 Å². The van der Waals surface area contributed by atoms with Crippen LogP contribution in [0.3, 0.4) is 0 Å². The van der Waals surface area contributed by atoms with Gasteiger partial charge in [0.25, 0.3) is 0 Å². The molecule has 0 spiro atoms. The summed E-state index contributed by atoms with van der Waals surface area (Å²) in [4.78, 5) is 14.9. The van der Waals surface area contributed by atoms with Crippen molar-refractivity contribution >= 4 is 28.7 Å². The molecular formula is C11H8ClNO2. The van der Waals surface area contributed by atoms with Gasteiger partial charge in [-0.05, 0) is 6.07 Å². The number of methoxy groups -OCH3 is 1. The molecule has 0 amide bonds. The van der Waals surface area contributed by atoms with Gasteiger partial charge in [-0.3, -0.25) is 4.79 Å². The molecule has 2 rings (SSSR count). The Morgan fingerprint density at radius 1 is 1.47 bits per heavy atom. The van der Waals surface area contributed by atoms with E-state index in [9.17, 15) is 4.79 Å². The zero-order chi connectivity index (χ0) is 10.8. The van der Waals surface area contributed by atoms with E-state index in [4.69, 9.17) is 16.3 Å². The Balaban J connectivity index is 2.93. The van der Waals surface area contributed by atoms with Gasteiger partial charge in [0, 0.05) is 17.0 Å². The molecule has 1 heterocycles. The van der Waals surface area contributed by atoms with Crippen LogP contribution in [0.2, 0.25) is 5.15 Å². The Labute approximate surface area is 91.6 Å². The third kappa shape index (κ3) is 1.55. The number of fused-ring (bicyclic) bond motifs is 1. The third-order valence-electron chi connectivity index (χ3n) is 2.20. The van der Waals surface area contributed by atoms with Crippen LogP contribution in [0, 0.1) is 0 Å². The second-order valence-electron chi connectivity index (χ2n) is 3.01. The number of ether oxygens (including phenoxy) is 1.